The van der Waals surface area contributed by atoms with Crippen molar-refractivity contribution in [3.8, 4) is 0 Å². The molecule has 4 rings (SSSR count). The Morgan fingerprint density at radius 3 is 1.37 bits per heavy atom. The van der Waals surface area contributed by atoms with Gasteiger partial charge < -0.3 is 11.5 Å². The largest absolute Gasteiger partial charge is 0.397 e. The highest BCUT2D eigenvalue weighted by Gasteiger charge is 2.25. The standard InChI is InChI=1S/C29H30N8O21S7/c1-16-2-5-19(24(12-16)62(43,44)45)32-35-22-15-23(36-33-20-6-3-17(13-25(20)63(46,47)48)60(39,40)10-8-55-59-58-57-38)28(31)29(27(22)30)37-34-21-7-4-18(14-26(21)64(49,50)51)61(41,42)11-9-56-65(52,53)54/h2-7,12-15,38H,8-11,30-31H2,1H3,(H,43,44,45)(H,46,47,48)(H,49,50,51)(H,52,53,54)/b35-32+,36-33+,37-34+. The second-order valence-electron chi connectivity index (χ2n) is 12.3. The second kappa shape index (κ2) is 20.6. The van der Waals surface area contributed by atoms with Gasteiger partial charge in [-0.3, -0.25) is 22.4 Å². The fourth-order valence-corrected chi connectivity index (χ4v) is 9.92. The molecule has 0 aliphatic rings. The molecule has 0 amide bonds. The average Bonchev–Trinajstić information content (AvgIpc) is 3.18. The monoisotopic (exact) mass is 1050 g/mol. The van der Waals surface area contributed by atoms with Crippen molar-refractivity contribution in [2.75, 3.05) is 36.2 Å². The molecule has 4 aromatic carbocycles. The molecule has 0 aromatic heterocycles. The Labute approximate surface area is 372 Å². The first-order valence-corrected chi connectivity index (χ1v) is 26.2. The average molecular weight is 1050 g/mol. The van der Waals surface area contributed by atoms with Gasteiger partial charge in [-0.25, -0.2) is 26.3 Å². The van der Waals surface area contributed by atoms with Gasteiger partial charge in [-0.2, -0.15) is 33.7 Å². The van der Waals surface area contributed by atoms with Crippen LogP contribution in [0, 0.1) is 6.92 Å². The molecule has 36 heteroatoms. The number of rotatable bonds is 21. The van der Waals surface area contributed by atoms with Gasteiger partial charge in [-0.1, -0.05) is 11.1 Å². The Hall–Kier alpha value is -5.03. The van der Waals surface area contributed by atoms with Gasteiger partial charge >= 0.3 is 10.4 Å². The maximum absolute atomic E-state index is 12.9. The molecule has 0 aliphatic carbocycles. The Balaban J connectivity index is 1.90. The van der Waals surface area contributed by atoms with Crippen LogP contribution >= 0.6 is 12.3 Å². The zero-order valence-corrected chi connectivity index (χ0v) is 37.8. The number of nitrogen functional groups attached to an aromatic ring is 2. The predicted molar refractivity (Wildman–Crippen MR) is 221 cm³/mol. The molecule has 29 nitrogen and oxygen atoms in total. The van der Waals surface area contributed by atoms with Crippen LogP contribution < -0.4 is 11.5 Å². The summed E-state index contributed by atoms with van der Waals surface area (Å²) in [5.41, 5.74) is 8.07. The molecule has 65 heavy (non-hydrogen) atoms. The van der Waals surface area contributed by atoms with Gasteiger partial charge in [-0.05, 0) is 67.1 Å². The van der Waals surface area contributed by atoms with E-state index in [0.717, 1.165) is 42.5 Å². The minimum Gasteiger partial charge on any atom is -0.395 e. The number of nitrogens with two attached hydrogens (primary N) is 2. The van der Waals surface area contributed by atoms with E-state index in [2.05, 4.69) is 44.2 Å². The highest BCUT2D eigenvalue weighted by molar-refractivity contribution is 7.92. The lowest BCUT2D eigenvalue weighted by Gasteiger charge is -2.11. The van der Waals surface area contributed by atoms with Gasteiger partial charge in [0.1, 0.15) is 48.8 Å². The topological polar surface area (TPSA) is 469 Å². The molecular weight excluding hydrogens is 1020 g/mol. The van der Waals surface area contributed by atoms with Crippen LogP contribution in [0.4, 0.5) is 45.5 Å². The normalized spacial score (nSPS) is 13.4. The molecule has 0 saturated carbocycles. The first-order chi connectivity index (χ1) is 29.9. The highest BCUT2D eigenvalue weighted by atomic mass is 32.3. The highest BCUT2D eigenvalue weighted by Crippen LogP contribution is 2.46. The third-order valence-electron chi connectivity index (χ3n) is 7.78. The van der Waals surface area contributed by atoms with Gasteiger partial charge in [-0.15, -0.1) is 35.0 Å². The summed E-state index contributed by atoms with van der Waals surface area (Å²) in [5.74, 6) is -1.89. The van der Waals surface area contributed by atoms with Crippen LogP contribution in [-0.2, 0) is 78.2 Å². The molecule has 0 radical (unpaired) electrons. The summed E-state index contributed by atoms with van der Waals surface area (Å²) in [5, 5.41) is 34.2. The molecule has 0 heterocycles. The zero-order valence-electron chi connectivity index (χ0n) is 32.1. The van der Waals surface area contributed by atoms with Crippen molar-refractivity contribution in [2.45, 2.75) is 31.4 Å². The Morgan fingerprint density at radius 1 is 0.538 bits per heavy atom. The number of anilines is 2. The fraction of sp³-hybridized carbons (Fsp3) is 0.172. The van der Waals surface area contributed by atoms with Crippen molar-refractivity contribution >= 4 is 118 Å². The molecule has 0 unspecified atom stereocenters. The minimum absolute atomic E-state index is 0.0629. The number of hydrogen-bond donors (Lipinski definition) is 7. The molecule has 0 saturated heterocycles. The van der Waals surface area contributed by atoms with Gasteiger partial charge in [0.25, 0.3) is 30.4 Å². The van der Waals surface area contributed by atoms with E-state index < -0.39 is 155 Å². The summed E-state index contributed by atoms with van der Waals surface area (Å²) in [4.78, 5) is -4.46. The van der Waals surface area contributed by atoms with E-state index in [1.165, 1.54) is 13.0 Å². The molecule has 4 aromatic rings. The van der Waals surface area contributed by atoms with Gasteiger partial charge in [0, 0.05) is 0 Å². The Kier molecular flexibility index (Phi) is 16.7. The summed E-state index contributed by atoms with van der Waals surface area (Å²) in [7, 11) is -29.5. The van der Waals surface area contributed by atoms with Crippen LogP contribution in [0.15, 0.2) is 116 Å². The summed E-state index contributed by atoms with van der Waals surface area (Å²) < 4.78 is 198. The van der Waals surface area contributed by atoms with Crippen LogP contribution in [0.5, 0.6) is 0 Å². The van der Waals surface area contributed by atoms with Crippen molar-refractivity contribution in [1.29, 1.82) is 0 Å². The lowest BCUT2D eigenvalue weighted by Crippen LogP contribution is -2.16. The maximum Gasteiger partial charge on any atom is 0.397 e. The molecule has 9 N–H and O–H groups in total. The molecule has 0 bridgehead atoms. The van der Waals surface area contributed by atoms with E-state index in [9.17, 15) is 64.2 Å². The second-order valence-corrected chi connectivity index (χ2v) is 22.3. The minimum atomic E-state index is -5.35. The van der Waals surface area contributed by atoms with E-state index in [1.807, 2.05) is 0 Å². The molecule has 0 atom stereocenters. The van der Waals surface area contributed by atoms with Gasteiger partial charge in [0.2, 0.25) is 0 Å². The van der Waals surface area contributed by atoms with Gasteiger partial charge in [0.15, 0.2) is 32.0 Å². The van der Waals surface area contributed by atoms with E-state index in [-0.39, 0.29) is 12.3 Å². The van der Waals surface area contributed by atoms with Gasteiger partial charge in [0.05, 0.1) is 45.9 Å². The number of benzene rings is 4. The van der Waals surface area contributed by atoms with E-state index >= 15 is 0 Å². The lowest BCUT2D eigenvalue weighted by molar-refractivity contribution is -0.434. The molecular formula is C29H30N8O21S7. The van der Waals surface area contributed by atoms with E-state index in [4.69, 9.17) is 25.5 Å². The summed E-state index contributed by atoms with van der Waals surface area (Å²) in [6.45, 7) is -0.178. The molecule has 0 fully saturated rings. The Morgan fingerprint density at radius 2 is 0.938 bits per heavy atom. The van der Waals surface area contributed by atoms with Crippen LogP contribution in [0.2, 0.25) is 0 Å². The first-order valence-electron chi connectivity index (χ1n) is 16.6. The molecule has 0 aliphatic heterocycles. The third kappa shape index (κ3) is 14.5. The van der Waals surface area contributed by atoms with Crippen molar-refractivity contribution < 1.29 is 91.7 Å². The summed E-state index contributed by atoms with van der Waals surface area (Å²) in [6.07, 6.45) is 0. The van der Waals surface area contributed by atoms with Crippen LogP contribution in [0.3, 0.4) is 0 Å². The van der Waals surface area contributed by atoms with E-state index in [1.54, 1.807) is 0 Å². The van der Waals surface area contributed by atoms with Crippen LogP contribution in [-0.4, -0.2) is 98.7 Å². The summed E-state index contributed by atoms with van der Waals surface area (Å²) >= 11 is 0.0629. The van der Waals surface area contributed by atoms with Crippen LogP contribution in [0.1, 0.15) is 5.56 Å². The predicted octanol–water partition coefficient (Wildman–Crippen LogP) is 4.51. The van der Waals surface area contributed by atoms with Crippen molar-refractivity contribution in [2.24, 2.45) is 30.7 Å². The zero-order chi connectivity index (χ0) is 48.8. The number of azo groups is 3. The lowest BCUT2D eigenvalue weighted by atomic mass is 10.2. The van der Waals surface area contributed by atoms with Crippen LogP contribution in [0.25, 0.3) is 0 Å². The van der Waals surface area contributed by atoms with E-state index in [0.29, 0.717) is 17.7 Å². The number of sulfone groups is 2. The number of aryl methyl sites for hydroxylation is 1. The number of hydrogen-bond acceptors (Lipinski definition) is 26. The summed E-state index contributed by atoms with van der Waals surface area (Å²) in [6, 6.07) is 8.61. The molecule has 354 valence electrons. The maximum atomic E-state index is 12.9. The molecule has 0 spiro atoms. The quantitative estimate of drug-likeness (QED) is 0.0115. The third-order valence-corrected chi connectivity index (χ3v) is 14.6. The van der Waals surface area contributed by atoms with Crippen molar-refractivity contribution in [3.63, 3.8) is 0 Å². The van der Waals surface area contributed by atoms with Crippen molar-refractivity contribution in [1.82, 2.24) is 0 Å². The fourth-order valence-electron chi connectivity index (χ4n) is 4.82. The van der Waals surface area contributed by atoms with Crippen molar-refractivity contribution in [3.05, 3.63) is 66.2 Å². The number of nitrogens with zero attached hydrogens (tertiary/aromatic N) is 6. The SMILES string of the molecule is Cc1ccc(/N=N/c2cc(/N=N/c3ccc(S(=O)(=O)CCOSOOO)cc3S(=O)(=O)O)c(N)c(/N=N/c3ccc(S(=O)(=O)CCOS(=O)(=O)O)cc3S(=O)(=O)O)c2N)c(S(=O)(=O)O)c1. The smallest absolute Gasteiger partial charge is 0.395 e. The Bertz CT molecular complexity index is 3280. The first kappa shape index (κ1) is 52.6.